The second-order valence-electron chi connectivity index (χ2n) is 4.86. The van der Waals surface area contributed by atoms with Gasteiger partial charge in [0.1, 0.15) is 11.6 Å². The van der Waals surface area contributed by atoms with Gasteiger partial charge in [0.15, 0.2) is 0 Å². The van der Waals surface area contributed by atoms with Crippen LogP contribution in [-0.2, 0) is 16.0 Å². The summed E-state index contributed by atoms with van der Waals surface area (Å²) in [5.41, 5.74) is 1.31. The molecular formula is C18H14BrN3O2. The predicted octanol–water partition coefficient (Wildman–Crippen LogP) is 3.15. The highest BCUT2D eigenvalue weighted by atomic mass is 79.9. The third kappa shape index (κ3) is 5.38. The van der Waals surface area contributed by atoms with Crippen molar-refractivity contribution < 1.29 is 9.59 Å². The highest BCUT2D eigenvalue weighted by molar-refractivity contribution is 9.10. The molecule has 0 unspecified atom stereocenters. The molecule has 5 nitrogen and oxygen atoms in total. The SMILES string of the molecule is N#C/C(=C/Nc1cccc(Br)c1)C(=O)NC(=O)Cc1ccccc1. The molecule has 2 aromatic rings. The molecule has 0 bridgehead atoms. The first-order valence-corrected chi connectivity index (χ1v) is 7.88. The lowest BCUT2D eigenvalue weighted by Crippen LogP contribution is -2.32. The number of rotatable bonds is 5. The summed E-state index contributed by atoms with van der Waals surface area (Å²) in [6, 6.07) is 18.1. The van der Waals surface area contributed by atoms with Crippen LogP contribution in [0, 0.1) is 11.3 Å². The second-order valence-corrected chi connectivity index (χ2v) is 5.78. The third-order valence-corrected chi connectivity index (χ3v) is 3.53. The summed E-state index contributed by atoms with van der Waals surface area (Å²) in [5, 5.41) is 14.2. The first-order chi connectivity index (χ1) is 11.6. The number of carbonyl (C=O) groups is 2. The standard InChI is InChI=1S/C18H14BrN3O2/c19-15-7-4-8-16(10-15)21-12-14(11-20)18(24)22-17(23)9-13-5-2-1-3-6-13/h1-8,10,12,21H,9H2,(H,22,23,24)/b14-12-. The average molecular weight is 384 g/mol. The van der Waals surface area contributed by atoms with E-state index in [1.807, 2.05) is 30.3 Å². The topological polar surface area (TPSA) is 82.0 Å². The van der Waals surface area contributed by atoms with Crippen molar-refractivity contribution in [2.24, 2.45) is 0 Å². The Morgan fingerprint density at radius 2 is 1.88 bits per heavy atom. The highest BCUT2D eigenvalue weighted by Gasteiger charge is 2.13. The van der Waals surface area contributed by atoms with E-state index in [0.29, 0.717) is 5.69 Å². The Hall–Kier alpha value is -2.91. The van der Waals surface area contributed by atoms with Crippen molar-refractivity contribution in [3.63, 3.8) is 0 Å². The third-order valence-electron chi connectivity index (χ3n) is 3.03. The van der Waals surface area contributed by atoms with Crippen LogP contribution in [0.25, 0.3) is 0 Å². The second kappa shape index (κ2) is 8.65. The largest absolute Gasteiger partial charge is 0.360 e. The summed E-state index contributed by atoms with van der Waals surface area (Å²) in [7, 11) is 0. The fraction of sp³-hybridized carbons (Fsp3) is 0.0556. The average Bonchev–Trinajstić information content (AvgIpc) is 2.56. The monoisotopic (exact) mass is 383 g/mol. The van der Waals surface area contributed by atoms with Crippen molar-refractivity contribution in [3.05, 3.63) is 76.4 Å². The fourth-order valence-corrected chi connectivity index (χ4v) is 2.30. The minimum Gasteiger partial charge on any atom is -0.360 e. The molecule has 0 aliphatic carbocycles. The number of nitrogens with zero attached hydrogens (tertiary/aromatic N) is 1. The molecule has 120 valence electrons. The number of benzene rings is 2. The first kappa shape index (κ1) is 17.4. The molecule has 0 aliphatic rings. The van der Waals surface area contributed by atoms with E-state index in [2.05, 4.69) is 26.6 Å². The maximum absolute atomic E-state index is 12.0. The van der Waals surface area contributed by atoms with Crippen molar-refractivity contribution in [2.45, 2.75) is 6.42 Å². The van der Waals surface area contributed by atoms with Crippen molar-refractivity contribution in [3.8, 4) is 6.07 Å². The van der Waals surface area contributed by atoms with E-state index in [9.17, 15) is 9.59 Å². The Balaban J connectivity index is 1.97. The lowest BCUT2D eigenvalue weighted by Gasteiger charge is -2.05. The molecule has 0 aliphatic heterocycles. The molecule has 6 heteroatoms. The number of hydrogen-bond acceptors (Lipinski definition) is 4. The van der Waals surface area contributed by atoms with E-state index in [1.165, 1.54) is 6.20 Å². The van der Waals surface area contributed by atoms with E-state index < -0.39 is 11.8 Å². The van der Waals surface area contributed by atoms with Gasteiger partial charge >= 0.3 is 0 Å². The van der Waals surface area contributed by atoms with Crippen LogP contribution in [0.15, 0.2) is 70.8 Å². The van der Waals surface area contributed by atoms with Crippen molar-refractivity contribution in [1.29, 1.82) is 5.26 Å². The van der Waals surface area contributed by atoms with Gasteiger partial charge in [0.2, 0.25) is 5.91 Å². The summed E-state index contributed by atoms with van der Waals surface area (Å²) >= 11 is 3.33. The summed E-state index contributed by atoms with van der Waals surface area (Å²) in [6.07, 6.45) is 1.34. The van der Waals surface area contributed by atoms with Gasteiger partial charge in [-0.3, -0.25) is 14.9 Å². The summed E-state index contributed by atoms with van der Waals surface area (Å²) in [6.45, 7) is 0. The van der Waals surface area contributed by atoms with Crippen LogP contribution < -0.4 is 10.6 Å². The molecule has 0 spiro atoms. The number of nitriles is 1. The van der Waals surface area contributed by atoms with Gasteiger partial charge in [-0.1, -0.05) is 52.3 Å². The van der Waals surface area contributed by atoms with E-state index >= 15 is 0 Å². The molecule has 2 rings (SSSR count). The maximum atomic E-state index is 12.0. The number of anilines is 1. The lowest BCUT2D eigenvalue weighted by molar-refractivity contribution is -0.127. The Morgan fingerprint density at radius 3 is 2.54 bits per heavy atom. The number of halogens is 1. The van der Waals surface area contributed by atoms with Crippen LogP contribution in [0.2, 0.25) is 0 Å². The number of amides is 2. The zero-order valence-corrected chi connectivity index (χ0v) is 14.2. The van der Waals surface area contributed by atoms with Crippen LogP contribution in [0.4, 0.5) is 5.69 Å². The highest BCUT2D eigenvalue weighted by Crippen LogP contribution is 2.15. The van der Waals surface area contributed by atoms with Crippen molar-refractivity contribution in [1.82, 2.24) is 5.32 Å². The maximum Gasteiger partial charge on any atom is 0.270 e. The van der Waals surface area contributed by atoms with E-state index in [0.717, 1.165) is 10.0 Å². The molecule has 2 amide bonds. The summed E-state index contributed by atoms with van der Waals surface area (Å²) in [5.74, 6) is -1.20. The molecule has 24 heavy (non-hydrogen) atoms. The molecule has 2 aromatic carbocycles. The number of carbonyl (C=O) groups excluding carboxylic acids is 2. The van der Waals surface area contributed by atoms with Gasteiger partial charge in [-0.15, -0.1) is 0 Å². The molecule has 0 saturated carbocycles. The predicted molar refractivity (Wildman–Crippen MR) is 94.8 cm³/mol. The van der Waals surface area contributed by atoms with Gasteiger partial charge in [-0.25, -0.2) is 0 Å². The molecule has 2 N–H and O–H groups in total. The molecule has 0 radical (unpaired) electrons. The van der Waals surface area contributed by atoms with Gasteiger partial charge in [0.25, 0.3) is 5.91 Å². The van der Waals surface area contributed by atoms with Gasteiger partial charge in [-0.2, -0.15) is 5.26 Å². The zero-order valence-electron chi connectivity index (χ0n) is 12.6. The van der Waals surface area contributed by atoms with Crippen LogP contribution >= 0.6 is 15.9 Å². The summed E-state index contributed by atoms with van der Waals surface area (Å²) in [4.78, 5) is 23.9. The van der Waals surface area contributed by atoms with Gasteiger partial charge in [0, 0.05) is 16.4 Å². The first-order valence-electron chi connectivity index (χ1n) is 7.09. The fourth-order valence-electron chi connectivity index (χ4n) is 1.90. The summed E-state index contributed by atoms with van der Waals surface area (Å²) < 4.78 is 0.863. The Morgan fingerprint density at radius 1 is 1.12 bits per heavy atom. The molecule has 0 fully saturated rings. The minimum absolute atomic E-state index is 0.0738. The smallest absolute Gasteiger partial charge is 0.270 e. The van der Waals surface area contributed by atoms with Crippen molar-refractivity contribution in [2.75, 3.05) is 5.32 Å². The van der Waals surface area contributed by atoms with E-state index in [1.54, 1.807) is 30.3 Å². The Kier molecular flexibility index (Phi) is 6.29. The van der Waals surface area contributed by atoms with E-state index in [4.69, 9.17) is 5.26 Å². The van der Waals surface area contributed by atoms with Gasteiger partial charge < -0.3 is 5.32 Å². The lowest BCUT2D eigenvalue weighted by atomic mass is 10.1. The normalized spacial score (nSPS) is 10.6. The molecule has 0 atom stereocenters. The van der Waals surface area contributed by atoms with Crippen LogP contribution in [0.3, 0.4) is 0 Å². The minimum atomic E-state index is -0.735. The quantitative estimate of drug-likeness (QED) is 0.613. The molecule has 0 aromatic heterocycles. The van der Waals surface area contributed by atoms with Gasteiger partial charge in [0.05, 0.1) is 6.42 Å². The molecule has 0 saturated heterocycles. The van der Waals surface area contributed by atoms with Gasteiger partial charge in [-0.05, 0) is 23.8 Å². The van der Waals surface area contributed by atoms with Crippen LogP contribution in [-0.4, -0.2) is 11.8 Å². The van der Waals surface area contributed by atoms with Crippen LogP contribution in [0.5, 0.6) is 0 Å². The Bertz CT molecular complexity index is 811. The molecule has 0 heterocycles. The number of hydrogen-bond donors (Lipinski definition) is 2. The van der Waals surface area contributed by atoms with Crippen molar-refractivity contribution >= 4 is 33.4 Å². The Labute approximate surface area is 148 Å². The van der Waals surface area contributed by atoms with Crippen LogP contribution in [0.1, 0.15) is 5.56 Å². The number of nitrogens with one attached hydrogen (secondary N) is 2. The van der Waals surface area contributed by atoms with E-state index in [-0.39, 0.29) is 12.0 Å². The zero-order chi connectivity index (χ0) is 17.4. The molecular weight excluding hydrogens is 370 g/mol. The number of imide groups is 1.